The van der Waals surface area contributed by atoms with E-state index >= 15 is 0 Å². The lowest BCUT2D eigenvalue weighted by Crippen LogP contribution is -1.95. The lowest BCUT2D eigenvalue weighted by molar-refractivity contribution is 0.616. The first-order valence-corrected chi connectivity index (χ1v) is 3.88. The molecule has 0 fully saturated rings. The molecule has 1 aromatic carbocycles. The van der Waals surface area contributed by atoms with Crippen molar-refractivity contribution in [2.24, 2.45) is 5.73 Å². The van der Waals surface area contributed by atoms with Crippen molar-refractivity contribution in [2.45, 2.75) is 6.54 Å². The summed E-state index contributed by atoms with van der Waals surface area (Å²) in [5.74, 6) is -0.908. The Balaban J connectivity index is 2.87. The molecule has 3 N–H and O–H groups in total. The molecule has 0 atom stereocenters. The van der Waals surface area contributed by atoms with Crippen LogP contribution in [0.4, 0.5) is 8.78 Å². The van der Waals surface area contributed by atoms with Crippen LogP contribution in [-0.2, 0) is 6.54 Å². The molecule has 68 valence electrons. The molecule has 0 spiro atoms. The van der Waals surface area contributed by atoms with Gasteiger partial charge < -0.3 is 10.7 Å². The normalized spacial score (nSPS) is 11.0. The highest BCUT2D eigenvalue weighted by Crippen LogP contribution is 2.23. The van der Waals surface area contributed by atoms with Crippen molar-refractivity contribution in [3.63, 3.8) is 0 Å². The monoisotopic (exact) mass is 182 g/mol. The highest BCUT2D eigenvalue weighted by atomic mass is 19.1. The maximum Gasteiger partial charge on any atom is 0.147 e. The van der Waals surface area contributed by atoms with Gasteiger partial charge in [0.1, 0.15) is 11.6 Å². The molecule has 2 rings (SSSR count). The number of H-pyrrole nitrogens is 1. The molecular weight excluding hydrogens is 174 g/mol. The predicted octanol–water partition coefficient (Wildman–Crippen LogP) is 1.90. The molecule has 0 saturated carbocycles. The van der Waals surface area contributed by atoms with Gasteiger partial charge >= 0.3 is 0 Å². The third-order valence-corrected chi connectivity index (χ3v) is 2.04. The number of halogens is 2. The zero-order valence-electron chi connectivity index (χ0n) is 6.77. The number of aromatic amines is 1. The van der Waals surface area contributed by atoms with E-state index in [9.17, 15) is 8.78 Å². The summed E-state index contributed by atoms with van der Waals surface area (Å²) in [5.41, 5.74) is 6.14. The van der Waals surface area contributed by atoms with Gasteiger partial charge in [-0.25, -0.2) is 8.78 Å². The van der Waals surface area contributed by atoms with E-state index in [-0.39, 0.29) is 17.4 Å². The van der Waals surface area contributed by atoms with Gasteiger partial charge in [0.05, 0.1) is 5.52 Å². The number of rotatable bonds is 1. The van der Waals surface area contributed by atoms with E-state index in [0.29, 0.717) is 5.56 Å². The van der Waals surface area contributed by atoms with E-state index in [0.717, 1.165) is 12.1 Å². The number of fused-ring (bicyclic) bond motifs is 1. The maximum atomic E-state index is 13.2. The van der Waals surface area contributed by atoms with E-state index in [1.54, 1.807) is 0 Å². The zero-order valence-corrected chi connectivity index (χ0v) is 6.77. The number of hydrogen-bond donors (Lipinski definition) is 2. The van der Waals surface area contributed by atoms with Crippen molar-refractivity contribution in [1.29, 1.82) is 0 Å². The van der Waals surface area contributed by atoms with Crippen LogP contribution in [0.3, 0.4) is 0 Å². The molecule has 0 bridgehead atoms. The molecule has 0 aliphatic heterocycles. The first-order chi connectivity index (χ1) is 6.24. The van der Waals surface area contributed by atoms with Crippen molar-refractivity contribution >= 4 is 10.9 Å². The predicted molar refractivity (Wildman–Crippen MR) is 46.1 cm³/mol. The van der Waals surface area contributed by atoms with Crippen molar-refractivity contribution in [2.75, 3.05) is 0 Å². The van der Waals surface area contributed by atoms with E-state index in [2.05, 4.69) is 4.98 Å². The standard InChI is InChI=1S/C9H8F2N2/c10-6-1-2-7(11)9-8(6)5(3-12)4-13-9/h1-2,4,13H,3,12H2. The molecule has 0 aliphatic rings. The Bertz CT molecular complexity index is 448. The Morgan fingerprint density at radius 3 is 2.62 bits per heavy atom. The fraction of sp³-hybridized carbons (Fsp3) is 0.111. The van der Waals surface area contributed by atoms with Crippen molar-refractivity contribution < 1.29 is 8.78 Å². The summed E-state index contributed by atoms with van der Waals surface area (Å²) in [6.45, 7) is 0.195. The van der Waals surface area contributed by atoms with E-state index in [4.69, 9.17) is 5.73 Å². The average molecular weight is 182 g/mol. The minimum Gasteiger partial charge on any atom is -0.358 e. The molecule has 0 unspecified atom stereocenters. The molecule has 13 heavy (non-hydrogen) atoms. The number of hydrogen-bond acceptors (Lipinski definition) is 1. The topological polar surface area (TPSA) is 41.8 Å². The summed E-state index contributed by atoms with van der Waals surface area (Å²) >= 11 is 0. The van der Waals surface area contributed by atoms with Crippen LogP contribution >= 0.6 is 0 Å². The Morgan fingerprint density at radius 1 is 1.23 bits per heavy atom. The molecular formula is C9H8F2N2. The van der Waals surface area contributed by atoms with Crippen LogP contribution in [0.5, 0.6) is 0 Å². The molecule has 0 saturated heterocycles. The third kappa shape index (κ3) is 1.10. The second-order valence-electron chi connectivity index (χ2n) is 2.80. The van der Waals surface area contributed by atoms with Gasteiger partial charge in [0.15, 0.2) is 0 Å². The summed E-state index contributed by atoms with van der Waals surface area (Å²) in [6.07, 6.45) is 1.52. The van der Waals surface area contributed by atoms with Gasteiger partial charge in [0, 0.05) is 18.1 Å². The third-order valence-electron chi connectivity index (χ3n) is 2.04. The van der Waals surface area contributed by atoms with Crippen molar-refractivity contribution in [1.82, 2.24) is 4.98 Å². The summed E-state index contributed by atoms with van der Waals surface area (Å²) in [6, 6.07) is 2.19. The zero-order chi connectivity index (χ0) is 9.42. The minimum atomic E-state index is -0.462. The lowest BCUT2D eigenvalue weighted by atomic mass is 10.1. The first kappa shape index (κ1) is 8.19. The van der Waals surface area contributed by atoms with Crippen LogP contribution in [-0.4, -0.2) is 4.98 Å². The lowest BCUT2D eigenvalue weighted by Gasteiger charge is -1.96. The highest BCUT2D eigenvalue weighted by Gasteiger charge is 2.10. The summed E-state index contributed by atoms with van der Waals surface area (Å²) < 4.78 is 26.3. The van der Waals surface area contributed by atoms with Gasteiger partial charge in [-0.3, -0.25) is 0 Å². The largest absolute Gasteiger partial charge is 0.358 e. The van der Waals surface area contributed by atoms with Crippen LogP contribution in [0.25, 0.3) is 10.9 Å². The first-order valence-electron chi connectivity index (χ1n) is 3.88. The minimum absolute atomic E-state index is 0.181. The molecule has 0 radical (unpaired) electrons. The SMILES string of the molecule is NCc1c[nH]c2c(F)ccc(F)c12. The van der Waals surface area contributed by atoms with Gasteiger partial charge in [0.2, 0.25) is 0 Å². The Labute approximate surface area is 73.4 Å². The summed E-state index contributed by atoms with van der Waals surface area (Å²) in [4.78, 5) is 2.65. The molecule has 2 aromatic rings. The fourth-order valence-corrected chi connectivity index (χ4v) is 1.40. The molecule has 2 nitrogen and oxygen atoms in total. The average Bonchev–Trinajstić information content (AvgIpc) is 2.56. The highest BCUT2D eigenvalue weighted by molar-refractivity contribution is 5.84. The Kier molecular flexibility index (Phi) is 1.77. The van der Waals surface area contributed by atoms with Gasteiger partial charge in [0.25, 0.3) is 0 Å². The second-order valence-corrected chi connectivity index (χ2v) is 2.80. The van der Waals surface area contributed by atoms with Crippen LogP contribution in [0.15, 0.2) is 18.3 Å². The molecule has 4 heteroatoms. The van der Waals surface area contributed by atoms with Crippen molar-refractivity contribution in [3.05, 3.63) is 35.5 Å². The molecule has 0 aliphatic carbocycles. The molecule has 0 amide bonds. The van der Waals surface area contributed by atoms with Crippen LogP contribution in [0, 0.1) is 11.6 Å². The summed E-state index contributed by atoms with van der Waals surface area (Å²) in [5, 5.41) is 0.252. The Hall–Kier alpha value is -1.42. The summed E-state index contributed by atoms with van der Waals surface area (Å²) in [7, 11) is 0. The van der Waals surface area contributed by atoms with Gasteiger partial charge in [-0.2, -0.15) is 0 Å². The van der Waals surface area contributed by atoms with Crippen molar-refractivity contribution in [3.8, 4) is 0 Å². The quantitative estimate of drug-likeness (QED) is 0.694. The van der Waals surface area contributed by atoms with Crippen LogP contribution in [0.2, 0.25) is 0 Å². The second kappa shape index (κ2) is 2.81. The Morgan fingerprint density at radius 2 is 1.92 bits per heavy atom. The van der Waals surface area contributed by atoms with Crippen LogP contribution < -0.4 is 5.73 Å². The number of nitrogens with one attached hydrogen (secondary N) is 1. The molecule has 1 aromatic heterocycles. The number of aromatic nitrogens is 1. The molecule has 1 heterocycles. The van der Waals surface area contributed by atoms with Crippen LogP contribution in [0.1, 0.15) is 5.56 Å². The number of nitrogens with two attached hydrogens (primary N) is 1. The van der Waals surface area contributed by atoms with Gasteiger partial charge in [-0.05, 0) is 17.7 Å². The maximum absolute atomic E-state index is 13.2. The van der Waals surface area contributed by atoms with Gasteiger partial charge in [-0.15, -0.1) is 0 Å². The van der Waals surface area contributed by atoms with E-state index in [1.165, 1.54) is 6.20 Å². The van der Waals surface area contributed by atoms with Gasteiger partial charge in [-0.1, -0.05) is 0 Å². The van der Waals surface area contributed by atoms with E-state index in [1.807, 2.05) is 0 Å². The smallest absolute Gasteiger partial charge is 0.147 e. The van der Waals surface area contributed by atoms with E-state index < -0.39 is 11.6 Å². The fourth-order valence-electron chi connectivity index (χ4n) is 1.40. The number of benzene rings is 1.